The number of carbonyl (C=O) groups is 12. The molecular formula is C66H92O26. The Bertz CT molecular complexity index is 2920. The lowest BCUT2D eigenvalue weighted by molar-refractivity contribution is -0.192. The predicted molar refractivity (Wildman–Crippen MR) is 311 cm³/mol. The Kier molecular flexibility index (Phi) is 20.1. The molecule has 0 aromatic carbocycles. The lowest BCUT2D eigenvalue weighted by Crippen LogP contribution is -2.46. The summed E-state index contributed by atoms with van der Waals surface area (Å²) in [5.41, 5.74) is -3.85. The molecule has 26 nitrogen and oxygen atoms in total. The second kappa shape index (κ2) is 26.4. The molecule has 12 fully saturated rings. The van der Waals surface area contributed by atoms with Gasteiger partial charge in [-0.25, -0.2) is 14.4 Å². The molecule has 0 amide bonds. The standard InChI is InChI=1S/C18H26O6.C17H24O6.C16H22O7.C15H20O7/c1-6-17(2,3)15(20)24-18(4,5)16(21)23-12-9-7-10-11(8-9)14(19)22-13(10)12;1-5-17(3,4)16(20)21-8(2)14(18)22-12-9-6-10-11(7-9)15(19)23-13(10)12;1-4-16(2,3)15(19)20-6-5-10(17)22-12-9-7-8-11(21-9)13(12)23-14(8)18;1-4-15(2,3)14(18)19-6-9(16)21-11-8-5-7-10(20-8)12(11)22-13(7)17/h9-13H,6-8H2,1-5H3;8-13H,5-7H2,1-4H3;8-9,11-13H,4-7H2,1-3H3;7-8,10-12H,4-6H2,1-3H3. The van der Waals surface area contributed by atoms with Gasteiger partial charge in [0.1, 0.15) is 43.2 Å². The third-order valence-corrected chi connectivity index (χ3v) is 21.5. The summed E-state index contributed by atoms with van der Waals surface area (Å²) in [6, 6.07) is 0. The molecule has 12 rings (SSSR count). The molecule has 4 aliphatic carbocycles. The lowest BCUT2D eigenvalue weighted by atomic mass is 9.88. The minimum absolute atomic E-state index is 0.0134. The van der Waals surface area contributed by atoms with Crippen LogP contribution >= 0.6 is 0 Å². The summed E-state index contributed by atoms with van der Waals surface area (Å²) < 4.78 is 75.1. The summed E-state index contributed by atoms with van der Waals surface area (Å²) in [5, 5.41) is 0. The normalized spacial score (nSPS) is 34.9. The van der Waals surface area contributed by atoms with Gasteiger partial charge in [-0.05, 0) is 140 Å². The molecule has 512 valence electrons. The highest BCUT2D eigenvalue weighted by molar-refractivity contribution is 5.86. The van der Waals surface area contributed by atoms with E-state index in [0.29, 0.717) is 38.5 Å². The maximum atomic E-state index is 12.6. The van der Waals surface area contributed by atoms with Crippen LogP contribution in [-0.2, 0) is 124 Å². The topological polar surface area (TPSA) is 334 Å². The Morgan fingerprint density at radius 1 is 0.435 bits per heavy atom. The zero-order chi connectivity index (χ0) is 67.6. The van der Waals surface area contributed by atoms with E-state index in [2.05, 4.69) is 0 Å². The summed E-state index contributed by atoms with van der Waals surface area (Å²) in [4.78, 5) is 143. The molecule has 0 spiro atoms. The SMILES string of the molecule is CCC(C)(C)C(=O)OC(C)(C)C(=O)OC1C2CC3C(=O)OC1C3C2.CCC(C)(C)C(=O)OC(C)C(=O)OC1C2CC3C(=O)OC1C3C2.CCC(C)(C)C(=O)OCC(=O)OC1C2CC3C(=O)OC1C3O2.CCC(C)(C)C(=O)OCCC(=O)OC1C2CC3C(=O)OC1C3O2. The molecule has 0 aromatic heterocycles. The predicted octanol–water partition coefficient (Wildman–Crippen LogP) is 5.66. The molecule has 8 aliphatic heterocycles. The van der Waals surface area contributed by atoms with Gasteiger partial charge >= 0.3 is 71.6 Å². The Labute approximate surface area is 535 Å². The van der Waals surface area contributed by atoms with Crippen LogP contribution in [0.2, 0.25) is 0 Å². The summed E-state index contributed by atoms with van der Waals surface area (Å²) in [6.45, 7) is 25.9. The van der Waals surface area contributed by atoms with Crippen molar-refractivity contribution in [3.05, 3.63) is 0 Å². The van der Waals surface area contributed by atoms with E-state index in [9.17, 15) is 57.5 Å². The van der Waals surface area contributed by atoms with Crippen LogP contribution in [0.4, 0.5) is 0 Å². The number of hydrogen-bond donors (Lipinski definition) is 0. The van der Waals surface area contributed by atoms with Gasteiger partial charge in [0.05, 0.1) is 64.0 Å². The molecule has 26 heteroatoms. The van der Waals surface area contributed by atoms with Crippen LogP contribution < -0.4 is 0 Å². The number of esters is 12. The minimum atomic E-state index is -1.37. The van der Waals surface area contributed by atoms with Crippen LogP contribution in [0.15, 0.2) is 0 Å². The van der Waals surface area contributed by atoms with Crippen molar-refractivity contribution < 1.29 is 124 Å². The van der Waals surface area contributed by atoms with Gasteiger partial charge in [-0.15, -0.1) is 0 Å². The van der Waals surface area contributed by atoms with E-state index in [1.165, 1.54) is 20.8 Å². The highest BCUT2D eigenvalue weighted by Crippen LogP contribution is 2.57. The average molecular weight is 1300 g/mol. The van der Waals surface area contributed by atoms with Crippen molar-refractivity contribution >= 4 is 71.6 Å². The van der Waals surface area contributed by atoms with Crippen LogP contribution in [0.1, 0.15) is 174 Å². The van der Waals surface area contributed by atoms with Gasteiger partial charge in [0.25, 0.3) is 0 Å². The second-order valence-electron chi connectivity index (χ2n) is 29.6. The highest BCUT2D eigenvalue weighted by atomic mass is 16.7. The smallest absolute Gasteiger partial charge is 0.350 e. The van der Waals surface area contributed by atoms with Crippen molar-refractivity contribution in [2.24, 2.45) is 69.0 Å². The monoisotopic (exact) mass is 1300 g/mol. The first-order valence-corrected chi connectivity index (χ1v) is 32.7. The van der Waals surface area contributed by atoms with E-state index in [-0.39, 0.29) is 127 Å². The molecule has 4 saturated carbocycles. The maximum absolute atomic E-state index is 12.6. The molecule has 92 heavy (non-hydrogen) atoms. The third-order valence-electron chi connectivity index (χ3n) is 21.5. The van der Waals surface area contributed by atoms with Crippen LogP contribution in [0.3, 0.4) is 0 Å². The van der Waals surface area contributed by atoms with Gasteiger partial charge in [0.15, 0.2) is 37.1 Å². The highest BCUT2D eigenvalue weighted by Gasteiger charge is 2.68. The molecule has 0 radical (unpaired) electrons. The molecular weight excluding hydrogens is 1210 g/mol. The maximum Gasteiger partial charge on any atom is 0.350 e. The summed E-state index contributed by atoms with van der Waals surface area (Å²) in [5.74, 6) is -4.54. The van der Waals surface area contributed by atoms with E-state index in [1.807, 2.05) is 27.7 Å². The van der Waals surface area contributed by atoms with E-state index in [4.69, 9.17) is 66.3 Å². The van der Waals surface area contributed by atoms with Crippen LogP contribution in [-0.4, -0.2) is 170 Å². The molecule has 12 aliphatic rings. The number of ether oxygens (including phenoxy) is 14. The fraction of sp³-hybridized carbons (Fsp3) is 0.818. The van der Waals surface area contributed by atoms with Gasteiger partial charge in [-0.3, -0.25) is 43.2 Å². The van der Waals surface area contributed by atoms with Crippen molar-refractivity contribution in [3.8, 4) is 0 Å². The van der Waals surface area contributed by atoms with Crippen molar-refractivity contribution in [1.82, 2.24) is 0 Å². The summed E-state index contributed by atoms with van der Waals surface area (Å²) >= 11 is 0. The van der Waals surface area contributed by atoms with Crippen molar-refractivity contribution in [1.29, 1.82) is 0 Å². The van der Waals surface area contributed by atoms with E-state index < -0.39 is 118 Å². The summed E-state index contributed by atoms with van der Waals surface area (Å²) in [6.07, 6.45) is 0.990. The van der Waals surface area contributed by atoms with Gasteiger partial charge in [-0.1, -0.05) is 27.7 Å². The number of hydrogen-bond acceptors (Lipinski definition) is 26. The zero-order valence-electron chi connectivity index (χ0n) is 55.4. The average Bonchev–Trinajstić information content (AvgIpc) is 1.60. The molecule has 8 saturated heterocycles. The zero-order valence-corrected chi connectivity index (χ0v) is 55.4. The van der Waals surface area contributed by atoms with Crippen LogP contribution in [0.5, 0.6) is 0 Å². The Morgan fingerprint density at radius 2 is 0.837 bits per heavy atom. The van der Waals surface area contributed by atoms with Gasteiger partial charge in [0.2, 0.25) is 5.60 Å². The van der Waals surface area contributed by atoms with Crippen molar-refractivity contribution in [2.75, 3.05) is 13.2 Å². The van der Waals surface area contributed by atoms with Crippen molar-refractivity contribution in [3.63, 3.8) is 0 Å². The molecule has 8 bridgehead atoms. The molecule has 0 aromatic rings. The number of fused-ring (bicyclic) bond motifs is 4. The van der Waals surface area contributed by atoms with Crippen molar-refractivity contribution in [2.45, 2.75) is 259 Å². The Hall–Kier alpha value is -6.44. The fourth-order valence-corrected chi connectivity index (χ4v) is 13.9. The van der Waals surface area contributed by atoms with Crippen LogP contribution in [0, 0.1) is 69.0 Å². The van der Waals surface area contributed by atoms with E-state index in [1.54, 1.807) is 55.4 Å². The quantitative estimate of drug-likeness (QED) is 0.0988. The molecule has 21 atom stereocenters. The lowest BCUT2D eigenvalue weighted by Gasteiger charge is -2.32. The first kappa shape index (κ1) is 69.9. The number of carbonyl (C=O) groups excluding carboxylic acids is 12. The third kappa shape index (κ3) is 13.7. The van der Waals surface area contributed by atoms with Gasteiger partial charge < -0.3 is 66.3 Å². The first-order valence-electron chi connectivity index (χ1n) is 32.7. The largest absolute Gasteiger partial charge is 0.465 e. The molecule has 21 unspecified atom stereocenters. The molecule has 0 N–H and O–H groups in total. The Morgan fingerprint density at radius 3 is 1.30 bits per heavy atom. The van der Waals surface area contributed by atoms with E-state index in [0.717, 1.165) is 25.7 Å². The Balaban J connectivity index is 0.000000145. The fourth-order valence-electron chi connectivity index (χ4n) is 13.9. The van der Waals surface area contributed by atoms with Crippen LogP contribution in [0.25, 0.3) is 0 Å². The van der Waals surface area contributed by atoms with Gasteiger partial charge in [0, 0.05) is 23.7 Å². The second-order valence-corrected chi connectivity index (χ2v) is 29.6. The minimum Gasteiger partial charge on any atom is -0.465 e. The van der Waals surface area contributed by atoms with Gasteiger partial charge in [-0.2, -0.15) is 0 Å². The number of rotatable bonds is 21. The van der Waals surface area contributed by atoms with E-state index >= 15 is 0 Å². The first-order chi connectivity index (χ1) is 43.0. The summed E-state index contributed by atoms with van der Waals surface area (Å²) in [7, 11) is 0. The molecule has 8 heterocycles.